The van der Waals surface area contributed by atoms with Gasteiger partial charge in [-0.15, -0.1) is 5.06 Å². The summed E-state index contributed by atoms with van der Waals surface area (Å²) < 4.78 is 30.9. The van der Waals surface area contributed by atoms with E-state index in [0.717, 1.165) is 0 Å². The first-order valence-electron chi connectivity index (χ1n) is 8.87. The standard InChI is InChI=1S/C15H24N4O8S/c1-15(17-18-15)7-6-11(20)16-8-4-2-3-5-13(22)27-19-12(21)9-10(14(19)23)28(24,25)26/h10,17-18H,2-9H2,1H3,(H,16,20)(H,24,25,26). The second-order valence-electron chi connectivity index (χ2n) is 6.94. The van der Waals surface area contributed by atoms with Crippen LogP contribution in [0.1, 0.15) is 51.9 Å². The molecule has 0 bridgehead atoms. The average Bonchev–Trinajstić information content (AvgIpc) is 3.27. The highest BCUT2D eigenvalue weighted by molar-refractivity contribution is 7.87. The van der Waals surface area contributed by atoms with Crippen molar-refractivity contribution in [3.05, 3.63) is 0 Å². The molecule has 1 atom stereocenters. The van der Waals surface area contributed by atoms with E-state index >= 15 is 0 Å². The van der Waals surface area contributed by atoms with Crippen LogP contribution in [0.15, 0.2) is 0 Å². The molecule has 2 aliphatic rings. The van der Waals surface area contributed by atoms with Gasteiger partial charge in [-0.3, -0.25) is 18.9 Å². The van der Waals surface area contributed by atoms with Gasteiger partial charge in [0.2, 0.25) is 5.91 Å². The lowest BCUT2D eigenvalue weighted by molar-refractivity contribution is -0.197. The number of hydrazine groups is 1. The van der Waals surface area contributed by atoms with Crippen molar-refractivity contribution in [2.24, 2.45) is 0 Å². The summed E-state index contributed by atoms with van der Waals surface area (Å²) in [6, 6.07) is 0. The molecule has 0 aromatic carbocycles. The molecule has 0 aromatic rings. The van der Waals surface area contributed by atoms with Crippen molar-refractivity contribution < 1.29 is 37.0 Å². The van der Waals surface area contributed by atoms with Gasteiger partial charge in [-0.05, 0) is 26.2 Å². The lowest BCUT2D eigenvalue weighted by Gasteiger charge is -2.13. The maximum absolute atomic E-state index is 11.7. The third-order valence-electron chi connectivity index (χ3n) is 4.40. The Morgan fingerprint density at radius 2 is 1.93 bits per heavy atom. The van der Waals surface area contributed by atoms with E-state index in [1.807, 2.05) is 6.92 Å². The highest BCUT2D eigenvalue weighted by Gasteiger charge is 2.48. The molecule has 2 aliphatic heterocycles. The third kappa shape index (κ3) is 6.51. The van der Waals surface area contributed by atoms with Gasteiger partial charge in [0.15, 0.2) is 5.25 Å². The van der Waals surface area contributed by atoms with Crippen LogP contribution in [-0.4, -0.2) is 59.2 Å². The predicted octanol–water partition coefficient (Wildman–Crippen LogP) is -1.26. The van der Waals surface area contributed by atoms with Crippen molar-refractivity contribution in [3.63, 3.8) is 0 Å². The lowest BCUT2D eigenvalue weighted by Crippen LogP contribution is -2.36. The van der Waals surface area contributed by atoms with E-state index in [-0.39, 0.29) is 23.1 Å². The second kappa shape index (κ2) is 8.94. The highest BCUT2D eigenvalue weighted by Crippen LogP contribution is 2.20. The zero-order valence-electron chi connectivity index (χ0n) is 15.4. The minimum atomic E-state index is -4.74. The van der Waals surface area contributed by atoms with Gasteiger partial charge in [0.05, 0.1) is 12.1 Å². The zero-order valence-corrected chi connectivity index (χ0v) is 16.2. The van der Waals surface area contributed by atoms with Crippen molar-refractivity contribution >= 4 is 33.8 Å². The maximum atomic E-state index is 11.7. The molecule has 12 nitrogen and oxygen atoms in total. The molecule has 2 rings (SSSR count). The Labute approximate surface area is 162 Å². The van der Waals surface area contributed by atoms with Gasteiger partial charge in [0.1, 0.15) is 0 Å². The monoisotopic (exact) mass is 420 g/mol. The summed E-state index contributed by atoms with van der Waals surface area (Å²) in [6.45, 7) is 2.41. The summed E-state index contributed by atoms with van der Waals surface area (Å²) >= 11 is 0. The summed E-state index contributed by atoms with van der Waals surface area (Å²) in [6.07, 6.45) is 1.86. The Morgan fingerprint density at radius 3 is 2.50 bits per heavy atom. The molecule has 3 amide bonds. The minimum absolute atomic E-state index is 0.0596. The molecular weight excluding hydrogens is 396 g/mol. The van der Waals surface area contributed by atoms with Crippen molar-refractivity contribution in [2.45, 2.75) is 62.8 Å². The Morgan fingerprint density at radius 1 is 1.25 bits per heavy atom. The van der Waals surface area contributed by atoms with Crippen LogP contribution in [0.25, 0.3) is 0 Å². The van der Waals surface area contributed by atoms with Gasteiger partial charge in [0, 0.05) is 19.4 Å². The SMILES string of the molecule is CC1(CCC(=O)NCCCCCC(=O)ON2C(=O)CC(S(=O)(=O)O)C2=O)NN1. The molecule has 0 aliphatic carbocycles. The Bertz CT molecular complexity index is 749. The minimum Gasteiger partial charge on any atom is -0.356 e. The fraction of sp³-hybridized carbons (Fsp3) is 0.733. The smallest absolute Gasteiger partial charge is 0.333 e. The predicted molar refractivity (Wildman–Crippen MR) is 93.3 cm³/mol. The molecule has 0 radical (unpaired) electrons. The first-order chi connectivity index (χ1) is 13.0. The molecule has 13 heteroatoms. The lowest BCUT2D eigenvalue weighted by atomic mass is 10.1. The fourth-order valence-corrected chi connectivity index (χ4v) is 3.24. The van der Waals surface area contributed by atoms with E-state index in [1.54, 1.807) is 0 Å². The second-order valence-corrected chi connectivity index (χ2v) is 8.54. The number of hydrogen-bond acceptors (Lipinski definition) is 9. The van der Waals surface area contributed by atoms with E-state index in [9.17, 15) is 27.6 Å². The summed E-state index contributed by atoms with van der Waals surface area (Å²) in [5.41, 5.74) is 5.72. The molecule has 1 unspecified atom stereocenters. The molecule has 2 fully saturated rings. The van der Waals surface area contributed by atoms with Gasteiger partial charge >= 0.3 is 5.97 Å². The van der Waals surface area contributed by atoms with Crippen LogP contribution >= 0.6 is 0 Å². The van der Waals surface area contributed by atoms with Crippen molar-refractivity contribution in [1.82, 2.24) is 21.2 Å². The van der Waals surface area contributed by atoms with Gasteiger partial charge in [-0.1, -0.05) is 6.42 Å². The molecule has 158 valence electrons. The van der Waals surface area contributed by atoms with Gasteiger partial charge < -0.3 is 10.2 Å². The largest absolute Gasteiger partial charge is 0.356 e. The molecule has 4 N–H and O–H groups in total. The number of carbonyl (C=O) groups excluding carboxylic acids is 4. The molecule has 2 heterocycles. The molecule has 2 saturated heterocycles. The van der Waals surface area contributed by atoms with E-state index < -0.39 is 39.6 Å². The normalized spacial score (nSPS) is 20.9. The first-order valence-corrected chi connectivity index (χ1v) is 10.4. The third-order valence-corrected chi connectivity index (χ3v) is 5.49. The average molecular weight is 420 g/mol. The molecule has 28 heavy (non-hydrogen) atoms. The summed E-state index contributed by atoms with van der Waals surface area (Å²) in [5, 5.41) is 0.921. The van der Waals surface area contributed by atoms with Crippen LogP contribution in [0.5, 0.6) is 0 Å². The Hall–Kier alpha value is -2.09. The van der Waals surface area contributed by atoms with Crippen LogP contribution in [0, 0.1) is 0 Å². The van der Waals surface area contributed by atoms with Crippen LogP contribution in [0.4, 0.5) is 0 Å². The number of hydroxylamine groups is 2. The van der Waals surface area contributed by atoms with Crippen molar-refractivity contribution in [2.75, 3.05) is 6.54 Å². The fourth-order valence-electron chi connectivity index (χ4n) is 2.54. The van der Waals surface area contributed by atoms with Gasteiger partial charge in [-0.2, -0.15) is 8.42 Å². The number of nitrogens with zero attached hydrogens (tertiary/aromatic N) is 1. The quantitative estimate of drug-likeness (QED) is 0.136. The topological polar surface area (TPSA) is 191 Å². The summed E-state index contributed by atoms with van der Waals surface area (Å²) in [5.74, 6) is -3.21. The number of imide groups is 1. The summed E-state index contributed by atoms with van der Waals surface area (Å²) in [4.78, 5) is 51.3. The van der Waals surface area contributed by atoms with Crippen LogP contribution in [0.3, 0.4) is 0 Å². The summed E-state index contributed by atoms with van der Waals surface area (Å²) in [7, 11) is -4.74. The highest BCUT2D eigenvalue weighted by atomic mass is 32.2. The molecule has 0 saturated carbocycles. The van der Waals surface area contributed by atoms with Crippen LogP contribution < -0.4 is 16.2 Å². The number of amides is 3. The van der Waals surface area contributed by atoms with Gasteiger partial charge in [-0.25, -0.2) is 15.6 Å². The van der Waals surface area contributed by atoms with E-state index in [0.29, 0.717) is 38.6 Å². The first kappa shape index (κ1) is 22.2. The number of hydrogen-bond donors (Lipinski definition) is 4. The van der Waals surface area contributed by atoms with E-state index in [2.05, 4.69) is 21.0 Å². The number of rotatable bonds is 11. The van der Waals surface area contributed by atoms with E-state index in [4.69, 9.17) is 4.55 Å². The maximum Gasteiger partial charge on any atom is 0.333 e. The van der Waals surface area contributed by atoms with Crippen molar-refractivity contribution in [1.29, 1.82) is 0 Å². The Kier molecular flexibility index (Phi) is 7.09. The molecule has 0 aromatic heterocycles. The van der Waals surface area contributed by atoms with Crippen molar-refractivity contribution in [3.8, 4) is 0 Å². The van der Waals surface area contributed by atoms with Crippen LogP contribution in [0.2, 0.25) is 0 Å². The van der Waals surface area contributed by atoms with Crippen LogP contribution in [-0.2, 0) is 34.1 Å². The molecular formula is C15H24N4O8S. The molecule has 0 spiro atoms. The number of unbranched alkanes of at least 4 members (excludes halogenated alkanes) is 2. The van der Waals surface area contributed by atoms with E-state index in [1.165, 1.54) is 0 Å². The number of nitrogens with one attached hydrogen (secondary N) is 3. The number of carbonyl (C=O) groups is 4. The van der Waals surface area contributed by atoms with Gasteiger partial charge in [0.25, 0.3) is 21.9 Å². The zero-order chi connectivity index (χ0) is 20.9. The Balaban J connectivity index is 1.57.